The molecule has 2 N–H and O–H groups in total. The molecular formula is C16H22ClN3. The molecule has 1 saturated carbocycles. The smallest absolute Gasteiger partial charge is 0.117 e. The zero-order valence-corrected chi connectivity index (χ0v) is 13.0. The van der Waals surface area contributed by atoms with Crippen molar-refractivity contribution < 1.29 is 0 Å². The third-order valence-electron chi connectivity index (χ3n) is 4.59. The number of nitrogens with two attached hydrogens (primary N) is 1. The second kappa shape index (κ2) is 5.05. The molecule has 1 heterocycles. The molecule has 3 nitrogen and oxygen atoms in total. The van der Waals surface area contributed by atoms with Gasteiger partial charge in [-0.2, -0.15) is 0 Å². The van der Waals surface area contributed by atoms with E-state index >= 15 is 0 Å². The lowest BCUT2D eigenvalue weighted by Crippen LogP contribution is -2.35. The Hall–Kier alpha value is -1.06. The summed E-state index contributed by atoms with van der Waals surface area (Å²) in [6.45, 7) is 5.08. The molecule has 0 spiro atoms. The van der Waals surface area contributed by atoms with E-state index in [1.54, 1.807) is 0 Å². The summed E-state index contributed by atoms with van der Waals surface area (Å²) >= 11 is 6.17. The number of hydrogen-bond donors (Lipinski definition) is 1. The van der Waals surface area contributed by atoms with Gasteiger partial charge >= 0.3 is 0 Å². The fourth-order valence-electron chi connectivity index (χ4n) is 3.53. The van der Waals surface area contributed by atoms with Crippen LogP contribution < -0.4 is 5.73 Å². The molecular weight excluding hydrogens is 270 g/mol. The van der Waals surface area contributed by atoms with E-state index in [1.165, 1.54) is 12.8 Å². The monoisotopic (exact) mass is 291 g/mol. The lowest BCUT2D eigenvalue weighted by Gasteiger charge is -2.29. The molecule has 0 amide bonds. The van der Waals surface area contributed by atoms with Gasteiger partial charge in [-0.15, -0.1) is 0 Å². The van der Waals surface area contributed by atoms with Gasteiger partial charge in [-0.3, -0.25) is 0 Å². The molecule has 0 unspecified atom stereocenters. The highest BCUT2D eigenvalue weighted by molar-refractivity contribution is 6.31. The van der Waals surface area contributed by atoms with Crippen LogP contribution in [-0.2, 0) is 5.41 Å². The van der Waals surface area contributed by atoms with Gasteiger partial charge < -0.3 is 10.3 Å². The number of rotatable bonds is 3. The fourth-order valence-corrected chi connectivity index (χ4v) is 3.70. The summed E-state index contributed by atoms with van der Waals surface area (Å²) in [5.74, 6) is 1.16. The normalized spacial score (nSPS) is 18.2. The van der Waals surface area contributed by atoms with Crippen molar-refractivity contribution in [2.24, 2.45) is 5.73 Å². The number of imidazole rings is 1. The molecule has 0 aliphatic heterocycles. The average Bonchev–Trinajstić information content (AvgIpc) is 3.02. The molecule has 1 aromatic heterocycles. The van der Waals surface area contributed by atoms with Crippen LogP contribution in [0.1, 0.15) is 51.4 Å². The molecule has 20 heavy (non-hydrogen) atoms. The largest absolute Gasteiger partial charge is 0.329 e. The first-order chi connectivity index (χ1) is 9.57. The average molecular weight is 292 g/mol. The van der Waals surface area contributed by atoms with Gasteiger partial charge in [-0.25, -0.2) is 4.98 Å². The van der Waals surface area contributed by atoms with Gasteiger partial charge in [-0.05, 0) is 44.9 Å². The van der Waals surface area contributed by atoms with Crippen LogP contribution in [0, 0.1) is 0 Å². The van der Waals surface area contributed by atoms with Crippen molar-refractivity contribution in [2.45, 2.75) is 51.0 Å². The van der Waals surface area contributed by atoms with Gasteiger partial charge in [0.15, 0.2) is 0 Å². The predicted molar refractivity (Wildman–Crippen MR) is 84.3 cm³/mol. The van der Waals surface area contributed by atoms with Gasteiger partial charge in [0, 0.05) is 23.0 Å². The van der Waals surface area contributed by atoms with Crippen LogP contribution in [-0.4, -0.2) is 16.1 Å². The summed E-state index contributed by atoms with van der Waals surface area (Å²) in [6, 6.07) is 6.30. The molecule has 0 atom stereocenters. The first kappa shape index (κ1) is 13.9. The van der Waals surface area contributed by atoms with Crippen molar-refractivity contribution in [1.29, 1.82) is 0 Å². The first-order valence-corrected chi connectivity index (χ1v) is 7.83. The SMILES string of the molecule is CC(C)n1c(C2(CN)CCCC2)nc2ccc(Cl)cc21. The molecule has 0 saturated heterocycles. The summed E-state index contributed by atoms with van der Waals surface area (Å²) in [4.78, 5) is 4.92. The van der Waals surface area contributed by atoms with E-state index in [1.807, 2.05) is 18.2 Å². The fraction of sp³-hybridized carbons (Fsp3) is 0.562. The highest BCUT2D eigenvalue weighted by atomic mass is 35.5. The number of hydrogen-bond acceptors (Lipinski definition) is 2. The number of aromatic nitrogens is 2. The van der Waals surface area contributed by atoms with E-state index in [2.05, 4.69) is 18.4 Å². The number of benzene rings is 1. The minimum absolute atomic E-state index is 0.0514. The van der Waals surface area contributed by atoms with Crippen molar-refractivity contribution in [3.63, 3.8) is 0 Å². The van der Waals surface area contributed by atoms with Crippen LogP contribution in [0.5, 0.6) is 0 Å². The molecule has 1 aliphatic rings. The van der Waals surface area contributed by atoms with Crippen LogP contribution in [0.4, 0.5) is 0 Å². The molecule has 1 aromatic carbocycles. The molecule has 0 radical (unpaired) electrons. The summed E-state index contributed by atoms with van der Waals surface area (Å²) in [5, 5.41) is 0.763. The predicted octanol–water partition coefficient (Wildman–Crippen LogP) is 4.04. The standard InChI is InChI=1S/C16H22ClN3/c1-11(2)20-14-9-12(17)5-6-13(14)19-15(20)16(10-18)7-3-4-8-16/h5-6,9,11H,3-4,7-8,10,18H2,1-2H3. The lowest BCUT2D eigenvalue weighted by molar-refractivity contribution is 0.393. The molecule has 1 fully saturated rings. The molecule has 1 aliphatic carbocycles. The van der Waals surface area contributed by atoms with Crippen molar-refractivity contribution in [2.75, 3.05) is 6.54 Å². The van der Waals surface area contributed by atoms with E-state index in [4.69, 9.17) is 22.3 Å². The highest BCUT2D eigenvalue weighted by Crippen LogP contribution is 2.42. The first-order valence-electron chi connectivity index (χ1n) is 7.45. The summed E-state index contributed by atoms with van der Waals surface area (Å²) in [5.41, 5.74) is 8.35. The maximum atomic E-state index is 6.17. The van der Waals surface area contributed by atoms with Crippen molar-refractivity contribution in [1.82, 2.24) is 9.55 Å². The Morgan fingerprint density at radius 1 is 1.35 bits per heavy atom. The molecule has 108 valence electrons. The summed E-state index contributed by atoms with van der Waals surface area (Å²) in [7, 11) is 0. The third kappa shape index (κ3) is 2.04. The Kier molecular flexibility index (Phi) is 3.51. The Bertz CT molecular complexity index is 624. The van der Waals surface area contributed by atoms with Crippen LogP contribution in [0.15, 0.2) is 18.2 Å². The minimum atomic E-state index is 0.0514. The molecule has 2 aromatic rings. The number of nitrogens with zero attached hydrogens (tertiary/aromatic N) is 2. The van der Waals surface area contributed by atoms with Crippen molar-refractivity contribution in [3.05, 3.63) is 29.0 Å². The minimum Gasteiger partial charge on any atom is -0.329 e. The number of fused-ring (bicyclic) bond motifs is 1. The van der Waals surface area contributed by atoms with Gasteiger partial charge in [-0.1, -0.05) is 24.4 Å². The second-order valence-electron chi connectivity index (χ2n) is 6.22. The van der Waals surface area contributed by atoms with Gasteiger partial charge in [0.25, 0.3) is 0 Å². The van der Waals surface area contributed by atoms with E-state index in [0.717, 1.165) is 34.7 Å². The second-order valence-corrected chi connectivity index (χ2v) is 6.66. The molecule has 4 heteroatoms. The third-order valence-corrected chi connectivity index (χ3v) is 4.83. The summed E-state index contributed by atoms with van der Waals surface area (Å²) < 4.78 is 2.33. The highest BCUT2D eigenvalue weighted by Gasteiger charge is 2.39. The Balaban J connectivity index is 2.26. The quantitative estimate of drug-likeness (QED) is 0.927. The van der Waals surface area contributed by atoms with Crippen LogP contribution in [0.25, 0.3) is 11.0 Å². The van der Waals surface area contributed by atoms with E-state index in [-0.39, 0.29) is 5.41 Å². The van der Waals surface area contributed by atoms with Gasteiger partial charge in [0.05, 0.1) is 11.0 Å². The Morgan fingerprint density at radius 3 is 2.65 bits per heavy atom. The van der Waals surface area contributed by atoms with Crippen molar-refractivity contribution >= 4 is 22.6 Å². The van der Waals surface area contributed by atoms with Crippen LogP contribution >= 0.6 is 11.6 Å². The molecule has 3 rings (SSSR count). The maximum Gasteiger partial charge on any atom is 0.117 e. The van der Waals surface area contributed by atoms with Gasteiger partial charge in [0.1, 0.15) is 5.82 Å². The zero-order valence-electron chi connectivity index (χ0n) is 12.2. The number of halogens is 1. The maximum absolute atomic E-state index is 6.17. The van der Waals surface area contributed by atoms with Crippen molar-refractivity contribution in [3.8, 4) is 0 Å². The van der Waals surface area contributed by atoms with Gasteiger partial charge in [0.2, 0.25) is 0 Å². The van der Waals surface area contributed by atoms with Crippen LogP contribution in [0.3, 0.4) is 0 Å². The molecule has 0 bridgehead atoms. The topological polar surface area (TPSA) is 43.8 Å². The van der Waals surface area contributed by atoms with E-state index < -0.39 is 0 Å². The van der Waals surface area contributed by atoms with E-state index in [9.17, 15) is 0 Å². The van der Waals surface area contributed by atoms with Crippen LogP contribution in [0.2, 0.25) is 5.02 Å². The zero-order chi connectivity index (χ0) is 14.3. The summed E-state index contributed by atoms with van der Waals surface area (Å²) in [6.07, 6.45) is 4.79. The lowest BCUT2D eigenvalue weighted by atomic mass is 9.85. The van der Waals surface area contributed by atoms with E-state index in [0.29, 0.717) is 12.6 Å². The Morgan fingerprint density at radius 2 is 2.05 bits per heavy atom. The Labute approximate surface area is 125 Å².